The molecule has 1 N–H and O–H groups in total. The first-order valence-electron chi connectivity index (χ1n) is 9.64. The fourth-order valence-electron chi connectivity index (χ4n) is 6.54. The van der Waals surface area contributed by atoms with E-state index in [1.807, 2.05) is 25.8 Å². The third-order valence-corrected chi connectivity index (χ3v) is 7.27. The average molecular weight is 329 g/mol. The van der Waals surface area contributed by atoms with Crippen LogP contribution in [-0.2, 0) is 4.79 Å². The van der Waals surface area contributed by atoms with Gasteiger partial charge in [-0.15, -0.1) is 0 Å². The van der Waals surface area contributed by atoms with E-state index >= 15 is 0 Å². The Balaban J connectivity index is 1.48. The Labute approximate surface area is 145 Å². The lowest BCUT2D eigenvalue weighted by Crippen LogP contribution is -2.48. The number of carbonyl (C=O) groups excluding carboxylic acids is 1. The van der Waals surface area contributed by atoms with Crippen molar-refractivity contribution in [1.82, 2.24) is 15.1 Å². The van der Waals surface area contributed by atoms with Gasteiger partial charge in [-0.1, -0.05) is 0 Å². The second kappa shape index (κ2) is 5.60. The minimum atomic E-state index is 0.0881. The summed E-state index contributed by atoms with van der Waals surface area (Å²) in [5.41, 5.74) is 3.58. The van der Waals surface area contributed by atoms with Crippen molar-refractivity contribution in [3.05, 3.63) is 17.0 Å². The van der Waals surface area contributed by atoms with E-state index in [1.54, 1.807) is 0 Å². The normalized spacial score (nSPS) is 35.2. The zero-order chi connectivity index (χ0) is 17.1. The Kier molecular flexibility index (Phi) is 3.77. The molecule has 1 aromatic rings. The van der Waals surface area contributed by atoms with E-state index in [1.165, 1.54) is 44.1 Å². The number of nitrogens with zero attached hydrogens (tertiary/aromatic N) is 2. The summed E-state index contributed by atoms with van der Waals surface area (Å²) in [5.74, 6) is 3.05. The van der Waals surface area contributed by atoms with Crippen LogP contribution in [0.1, 0.15) is 74.9 Å². The molecule has 0 aromatic carbocycles. The van der Waals surface area contributed by atoms with E-state index in [4.69, 9.17) is 0 Å². The molecule has 0 spiro atoms. The van der Waals surface area contributed by atoms with Crippen molar-refractivity contribution in [2.24, 2.45) is 23.2 Å². The molecule has 5 rings (SSSR count). The number of hydrogen-bond donors (Lipinski definition) is 1. The molecule has 0 aliphatic heterocycles. The summed E-state index contributed by atoms with van der Waals surface area (Å²) in [6.45, 7) is 6.19. The Bertz CT molecular complexity index is 593. The van der Waals surface area contributed by atoms with Crippen molar-refractivity contribution < 1.29 is 4.79 Å². The van der Waals surface area contributed by atoms with Crippen LogP contribution in [0.2, 0.25) is 0 Å². The summed E-state index contributed by atoms with van der Waals surface area (Å²) >= 11 is 0. The van der Waals surface area contributed by atoms with E-state index < -0.39 is 0 Å². The number of amides is 1. The summed E-state index contributed by atoms with van der Waals surface area (Å²) < 4.78 is 0. The van der Waals surface area contributed by atoms with Crippen molar-refractivity contribution in [2.75, 3.05) is 7.05 Å². The molecule has 1 atom stereocenters. The highest BCUT2D eigenvalue weighted by atomic mass is 16.2. The van der Waals surface area contributed by atoms with Gasteiger partial charge in [0, 0.05) is 24.7 Å². The van der Waals surface area contributed by atoms with Crippen LogP contribution in [0.15, 0.2) is 0 Å². The van der Waals surface area contributed by atoms with E-state index in [2.05, 4.69) is 17.1 Å². The topological polar surface area (TPSA) is 49.0 Å². The lowest BCUT2D eigenvalue weighted by molar-refractivity contribution is -0.140. The molecular formula is C20H31N3O. The SMILES string of the molecule is Cc1n[nH]c(C)c1[C@H](C)N(C)C(=O)CC12CC3CC(CC(C3)C1)C2. The van der Waals surface area contributed by atoms with Crippen LogP contribution < -0.4 is 0 Å². The molecular weight excluding hydrogens is 298 g/mol. The van der Waals surface area contributed by atoms with Gasteiger partial charge in [-0.05, 0) is 82.5 Å². The second-order valence-electron chi connectivity index (χ2n) is 9.12. The maximum absolute atomic E-state index is 13.1. The van der Waals surface area contributed by atoms with E-state index in [-0.39, 0.29) is 6.04 Å². The molecule has 1 amide bonds. The largest absolute Gasteiger partial charge is 0.339 e. The molecule has 1 heterocycles. The predicted octanol–water partition coefficient (Wildman–Crippen LogP) is 4.15. The lowest BCUT2D eigenvalue weighted by atomic mass is 9.49. The molecule has 0 saturated heterocycles. The predicted molar refractivity (Wildman–Crippen MR) is 94.5 cm³/mol. The zero-order valence-electron chi connectivity index (χ0n) is 15.6. The molecule has 0 unspecified atom stereocenters. The zero-order valence-corrected chi connectivity index (χ0v) is 15.6. The van der Waals surface area contributed by atoms with E-state index in [0.717, 1.165) is 35.6 Å². The average Bonchev–Trinajstić information content (AvgIpc) is 2.83. The fraction of sp³-hybridized carbons (Fsp3) is 0.800. The first-order valence-corrected chi connectivity index (χ1v) is 9.64. The first kappa shape index (κ1) is 16.2. The second-order valence-corrected chi connectivity index (χ2v) is 9.12. The van der Waals surface area contributed by atoms with Gasteiger partial charge in [0.1, 0.15) is 0 Å². The molecule has 1 aromatic heterocycles. The summed E-state index contributed by atoms with van der Waals surface area (Å²) in [5, 5.41) is 7.35. The number of carbonyl (C=O) groups is 1. The van der Waals surface area contributed by atoms with Gasteiger partial charge in [0.05, 0.1) is 11.7 Å². The van der Waals surface area contributed by atoms with E-state index in [0.29, 0.717) is 11.3 Å². The molecule has 24 heavy (non-hydrogen) atoms. The van der Waals surface area contributed by atoms with Gasteiger partial charge < -0.3 is 4.90 Å². The smallest absolute Gasteiger partial charge is 0.223 e. The Morgan fingerprint density at radius 3 is 2.21 bits per heavy atom. The molecule has 4 nitrogen and oxygen atoms in total. The van der Waals surface area contributed by atoms with E-state index in [9.17, 15) is 4.79 Å². The standard InChI is InChI=1S/C20H31N3O/c1-12-19(13(2)22-21-12)14(3)23(4)18(24)11-20-8-15-5-16(9-20)7-17(6-15)10-20/h14-17H,5-11H2,1-4H3,(H,21,22)/t14-,15?,16?,17?,20?/m0/s1. The van der Waals surface area contributed by atoms with Gasteiger partial charge in [-0.25, -0.2) is 0 Å². The Hall–Kier alpha value is -1.32. The number of aromatic amines is 1. The fourth-order valence-corrected chi connectivity index (χ4v) is 6.54. The number of hydrogen-bond acceptors (Lipinski definition) is 2. The molecule has 132 valence electrons. The van der Waals surface area contributed by atoms with Gasteiger partial charge in [0.2, 0.25) is 5.91 Å². The summed E-state index contributed by atoms with van der Waals surface area (Å²) in [7, 11) is 1.97. The number of rotatable bonds is 4. The first-order chi connectivity index (χ1) is 11.4. The molecule has 4 saturated carbocycles. The van der Waals surface area contributed by atoms with Crippen molar-refractivity contribution >= 4 is 5.91 Å². The quantitative estimate of drug-likeness (QED) is 0.902. The number of nitrogens with one attached hydrogen (secondary N) is 1. The maximum Gasteiger partial charge on any atom is 0.223 e. The van der Waals surface area contributed by atoms with Crippen molar-refractivity contribution in [1.29, 1.82) is 0 Å². The van der Waals surface area contributed by atoms with Gasteiger partial charge in [-0.3, -0.25) is 9.89 Å². The van der Waals surface area contributed by atoms with Crippen LogP contribution in [0, 0.1) is 37.0 Å². The van der Waals surface area contributed by atoms with Gasteiger partial charge in [0.25, 0.3) is 0 Å². The van der Waals surface area contributed by atoms with Crippen LogP contribution in [0.25, 0.3) is 0 Å². The highest BCUT2D eigenvalue weighted by Crippen LogP contribution is 2.61. The van der Waals surface area contributed by atoms with Crippen LogP contribution >= 0.6 is 0 Å². The third-order valence-electron chi connectivity index (χ3n) is 7.27. The third kappa shape index (κ3) is 2.58. The van der Waals surface area contributed by atoms with Gasteiger partial charge in [-0.2, -0.15) is 5.10 Å². The van der Waals surface area contributed by atoms with Crippen molar-refractivity contribution in [3.63, 3.8) is 0 Å². The number of aromatic nitrogens is 2. The molecule has 4 aliphatic rings. The molecule has 4 fully saturated rings. The lowest BCUT2D eigenvalue weighted by Gasteiger charge is -2.57. The molecule has 4 heteroatoms. The monoisotopic (exact) mass is 329 g/mol. The maximum atomic E-state index is 13.1. The highest BCUT2D eigenvalue weighted by Gasteiger charge is 2.51. The Morgan fingerprint density at radius 2 is 1.75 bits per heavy atom. The number of aryl methyl sites for hydroxylation is 2. The Morgan fingerprint density at radius 1 is 1.21 bits per heavy atom. The van der Waals surface area contributed by atoms with Crippen LogP contribution in [0.3, 0.4) is 0 Å². The van der Waals surface area contributed by atoms with Crippen molar-refractivity contribution in [3.8, 4) is 0 Å². The highest BCUT2D eigenvalue weighted by molar-refractivity contribution is 5.77. The summed E-state index contributed by atoms with van der Waals surface area (Å²) in [4.78, 5) is 15.0. The molecule has 4 aliphatic carbocycles. The van der Waals surface area contributed by atoms with Crippen LogP contribution in [0.4, 0.5) is 0 Å². The van der Waals surface area contributed by atoms with Gasteiger partial charge >= 0.3 is 0 Å². The van der Waals surface area contributed by atoms with Crippen LogP contribution in [0.5, 0.6) is 0 Å². The number of H-pyrrole nitrogens is 1. The van der Waals surface area contributed by atoms with Crippen molar-refractivity contribution in [2.45, 2.75) is 71.8 Å². The molecule has 0 radical (unpaired) electrons. The molecule has 4 bridgehead atoms. The van der Waals surface area contributed by atoms with Gasteiger partial charge in [0.15, 0.2) is 0 Å². The minimum absolute atomic E-state index is 0.0881. The summed E-state index contributed by atoms with van der Waals surface area (Å²) in [6, 6.07) is 0.0881. The minimum Gasteiger partial charge on any atom is -0.339 e. The summed E-state index contributed by atoms with van der Waals surface area (Å²) in [6.07, 6.45) is 8.98. The van der Waals surface area contributed by atoms with Crippen LogP contribution in [-0.4, -0.2) is 28.1 Å².